The number of carbonyl (C=O) groups is 1. The van der Waals surface area contributed by atoms with E-state index in [1.165, 1.54) is 6.20 Å². The van der Waals surface area contributed by atoms with Crippen molar-refractivity contribution in [1.82, 2.24) is 14.8 Å². The van der Waals surface area contributed by atoms with Crippen molar-refractivity contribution in [3.8, 4) is 0 Å². The lowest BCUT2D eigenvalue weighted by molar-refractivity contribution is 0.0697. The van der Waals surface area contributed by atoms with E-state index in [2.05, 4.69) is 27.6 Å². The molecule has 2 aromatic rings. The number of aromatic nitrogens is 3. The molecule has 0 bridgehead atoms. The summed E-state index contributed by atoms with van der Waals surface area (Å²) in [5.41, 5.74) is 1.50. The highest BCUT2D eigenvalue weighted by Gasteiger charge is 2.18. The molecule has 2 heterocycles. The number of carboxylic acid groups (broad SMARTS) is 1. The standard InChI is InChI=1S/C15H18N4O2/c1-19-14-11(9-18-19)13(12(8-17-14)15(20)21)16-7-10-5-3-2-4-6-10/h2-3,8-10H,4-7H2,1H3,(H,16,17)(H,20,21). The quantitative estimate of drug-likeness (QED) is 0.844. The number of aromatic carboxylic acids is 1. The van der Waals surface area contributed by atoms with Crippen LogP contribution in [0.1, 0.15) is 29.6 Å². The molecule has 110 valence electrons. The third-order valence-electron chi connectivity index (χ3n) is 3.94. The van der Waals surface area contributed by atoms with E-state index in [4.69, 9.17) is 0 Å². The zero-order valence-corrected chi connectivity index (χ0v) is 11.9. The van der Waals surface area contributed by atoms with Gasteiger partial charge < -0.3 is 10.4 Å². The van der Waals surface area contributed by atoms with Crippen molar-refractivity contribution in [2.45, 2.75) is 19.3 Å². The molecule has 1 aliphatic carbocycles. The number of nitrogens with zero attached hydrogens (tertiary/aromatic N) is 3. The lowest BCUT2D eigenvalue weighted by atomic mass is 9.94. The monoisotopic (exact) mass is 286 g/mol. The van der Waals surface area contributed by atoms with Gasteiger partial charge in [-0.2, -0.15) is 5.10 Å². The molecular formula is C15H18N4O2. The van der Waals surface area contributed by atoms with E-state index in [1.54, 1.807) is 17.9 Å². The molecule has 1 atom stereocenters. The topological polar surface area (TPSA) is 80.0 Å². The summed E-state index contributed by atoms with van der Waals surface area (Å²) in [4.78, 5) is 15.6. The van der Waals surface area contributed by atoms with Gasteiger partial charge in [0.25, 0.3) is 0 Å². The van der Waals surface area contributed by atoms with Crippen molar-refractivity contribution >= 4 is 22.7 Å². The first kappa shape index (κ1) is 13.6. The third-order valence-corrected chi connectivity index (χ3v) is 3.94. The second-order valence-electron chi connectivity index (χ2n) is 5.39. The van der Waals surface area contributed by atoms with Gasteiger partial charge in [-0.15, -0.1) is 0 Å². The Labute approximate surface area is 122 Å². The van der Waals surface area contributed by atoms with E-state index in [-0.39, 0.29) is 5.56 Å². The lowest BCUT2D eigenvalue weighted by Crippen LogP contribution is -2.17. The van der Waals surface area contributed by atoms with Gasteiger partial charge >= 0.3 is 5.97 Å². The molecule has 3 rings (SSSR count). The van der Waals surface area contributed by atoms with Gasteiger partial charge in [-0.1, -0.05) is 12.2 Å². The molecule has 0 spiro atoms. The summed E-state index contributed by atoms with van der Waals surface area (Å²) in [5, 5.41) is 17.6. The van der Waals surface area contributed by atoms with Crippen LogP contribution in [0, 0.1) is 5.92 Å². The summed E-state index contributed by atoms with van der Waals surface area (Å²) < 4.78 is 1.65. The van der Waals surface area contributed by atoms with E-state index in [1.807, 2.05) is 0 Å². The van der Waals surface area contributed by atoms with Crippen molar-refractivity contribution in [2.75, 3.05) is 11.9 Å². The molecule has 0 fully saturated rings. The van der Waals surface area contributed by atoms with Crippen LogP contribution >= 0.6 is 0 Å². The van der Waals surface area contributed by atoms with Crippen LogP contribution in [0.4, 0.5) is 5.69 Å². The minimum atomic E-state index is -0.973. The van der Waals surface area contributed by atoms with E-state index < -0.39 is 5.97 Å². The first-order valence-corrected chi connectivity index (χ1v) is 7.09. The van der Waals surface area contributed by atoms with Gasteiger partial charge in [-0.3, -0.25) is 4.68 Å². The van der Waals surface area contributed by atoms with Gasteiger partial charge in [0.2, 0.25) is 0 Å². The zero-order chi connectivity index (χ0) is 14.8. The van der Waals surface area contributed by atoms with Gasteiger partial charge in [0.15, 0.2) is 5.65 Å². The van der Waals surface area contributed by atoms with Crippen LogP contribution in [0.15, 0.2) is 24.5 Å². The van der Waals surface area contributed by atoms with Gasteiger partial charge in [0, 0.05) is 19.8 Å². The molecule has 0 radical (unpaired) electrons. The highest BCUT2D eigenvalue weighted by molar-refractivity contribution is 6.03. The minimum Gasteiger partial charge on any atom is -0.478 e. The molecule has 21 heavy (non-hydrogen) atoms. The third kappa shape index (κ3) is 2.61. The Balaban J connectivity index is 1.92. The van der Waals surface area contributed by atoms with E-state index in [0.717, 1.165) is 31.2 Å². The van der Waals surface area contributed by atoms with E-state index in [0.29, 0.717) is 17.3 Å². The van der Waals surface area contributed by atoms with Gasteiger partial charge in [0.05, 0.1) is 17.3 Å². The number of aryl methyl sites for hydroxylation is 1. The molecule has 0 aliphatic heterocycles. The molecule has 6 nitrogen and oxygen atoms in total. The first-order valence-electron chi connectivity index (χ1n) is 7.09. The highest BCUT2D eigenvalue weighted by Crippen LogP contribution is 2.27. The molecule has 2 N–H and O–H groups in total. The zero-order valence-electron chi connectivity index (χ0n) is 11.9. The summed E-state index contributed by atoms with van der Waals surface area (Å²) in [6, 6.07) is 0. The Hall–Kier alpha value is -2.37. The molecule has 1 unspecified atom stereocenters. The second kappa shape index (κ2) is 5.55. The summed E-state index contributed by atoms with van der Waals surface area (Å²) in [5.74, 6) is -0.434. The van der Waals surface area contributed by atoms with Crippen molar-refractivity contribution in [1.29, 1.82) is 0 Å². The molecular weight excluding hydrogens is 268 g/mol. The number of hydrogen-bond acceptors (Lipinski definition) is 4. The second-order valence-corrected chi connectivity index (χ2v) is 5.39. The summed E-state index contributed by atoms with van der Waals surface area (Å²) in [6.07, 6.45) is 10.7. The van der Waals surface area contributed by atoms with E-state index in [9.17, 15) is 9.90 Å². The van der Waals surface area contributed by atoms with Crippen LogP contribution in [-0.2, 0) is 7.05 Å². The molecule has 0 aromatic carbocycles. The van der Waals surface area contributed by atoms with Crippen LogP contribution in [0.2, 0.25) is 0 Å². The molecule has 0 amide bonds. The minimum absolute atomic E-state index is 0.196. The number of fused-ring (bicyclic) bond motifs is 1. The van der Waals surface area contributed by atoms with Crippen LogP contribution in [-0.4, -0.2) is 32.4 Å². The van der Waals surface area contributed by atoms with Crippen LogP contribution < -0.4 is 5.32 Å². The maximum absolute atomic E-state index is 11.4. The Morgan fingerprint density at radius 3 is 3.05 bits per heavy atom. The SMILES string of the molecule is Cn1ncc2c(NCC3CC=CCC3)c(C(=O)O)cnc21. The van der Waals surface area contributed by atoms with Crippen LogP contribution in [0.3, 0.4) is 0 Å². The van der Waals surface area contributed by atoms with Crippen molar-refractivity contribution in [3.63, 3.8) is 0 Å². The fourth-order valence-electron chi connectivity index (χ4n) is 2.74. The number of allylic oxidation sites excluding steroid dienone is 2. The maximum atomic E-state index is 11.4. The fraction of sp³-hybridized carbons (Fsp3) is 0.400. The average molecular weight is 286 g/mol. The molecule has 0 saturated heterocycles. The summed E-state index contributed by atoms with van der Waals surface area (Å²) in [7, 11) is 1.80. The molecule has 6 heteroatoms. The van der Waals surface area contributed by atoms with Gasteiger partial charge in [-0.25, -0.2) is 9.78 Å². The number of hydrogen-bond donors (Lipinski definition) is 2. The van der Waals surface area contributed by atoms with Crippen molar-refractivity contribution < 1.29 is 9.90 Å². The predicted molar refractivity (Wildman–Crippen MR) is 80.4 cm³/mol. The molecule has 2 aromatic heterocycles. The lowest BCUT2D eigenvalue weighted by Gasteiger charge is -2.19. The largest absolute Gasteiger partial charge is 0.478 e. The number of rotatable bonds is 4. The molecule has 0 saturated carbocycles. The number of anilines is 1. The van der Waals surface area contributed by atoms with Gasteiger partial charge in [0.1, 0.15) is 5.56 Å². The highest BCUT2D eigenvalue weighted by atomic mass is 16.4. The van der Waals surface area contributed by atoms with Crippen molar-refractivity contribution in [2.24, 2.45) is 13.0 Å². The summed E-state index contributed by atoms with van der Waals surface area (Å²) in [6.45, 7) is 0.763. The van der Waals surface area contributed by atoms with E-state index >= 15 is 0 Å². The Kier molecular flexibility index (Phi) is 3.60. The maximum Gasteiger partial charge on any atom is 0.339 e. The normalized spacial score (nSPS) is 18.0. The Morgan fingerprint density at radius 2 is 2.33 bits per heavy atom. The Morgan fingerprint density at radius 1 is 1.48 bits per heavy atom. The fourth-order valence-corrected chi connectivity index (χ4v) is 2.74. The van der Waals surface area contributed by atoms with Crippen LogP contribution in [0.25, 0.3) is 11.0 Å². The Bertz CT molecular complexity index is 705. The number of carboxylic acids is 1. The van der Waals surface area contributed by atoms with Crippen molar-refractivity contribution in [3.05, 3.63) is 30.1 Å². The summed E-state index contributed by atoms with van der Waals surface area (Å²) >= 11 is 0. The predicted octanol–water partition coefficient (Wildman–Crippen LogP) is 2.43. The number of nitrogens with one attached hydrogen (secondary N) is 1. The smallest absolute Gasteiger partial charge is 0.339 e. The first-order chi connectivity index (χ1) is 10.2. The average Bonchev–Trinajstić information content (AvgIpc) is 2.87. The molecule has 1 aliphatic rings. The van der Waals surface area contributed by atoms with Crippen LogP contribution in [0.5, 0.6) is 0 Å². The van der Waals surface area contributed by atoms with Gasteiger partial charge in [-0.05, 0) is 25.2 Å². The number of pyridine rings is 1.